The highest BCUT2D eigenvalue weighted by atomic mass is 35.5. The van der Waals surface area contributed by atoms with E-state index in [1.165, 1.54) is 24.3 Å². The third-order valence-corrected chi connectivity index (χ3v) is 5.52. The summed E-state index contributed by atoms with van der Waals surface area (Å²) in [6, 6.07) is 14.3. The molecule has 3 N–H and O–H groups in total. The van der Waals surface area contributed by atoms with E-state index in [2.05, 4.69) is 15.4 Å². The number of benzene rings is 2. The van der Waals surface area contributed by atoms with Crippen molar-refractivity contribution >= 4 is 33.1 Å². The number of nitrogens with one attached hydrogen (secondary N) is 1. The van der Waals surface area contributed by atoms with Crippen LogP contribution in [0.5, 0.6) is 0 Å². The molecule has 4 rings (SSSR count). The first kappa shape index (κ1) is 19.3. The second-order valence-electron chi connectivity index (χ2n) is 6.30. The van der Waals surface area contributed by atoms with E-state index in [4.69, 9.17) is 16.7 Å². The van der Waals surface area contributed by atoms with Crippen LogP contribution in [0.4, 0.5) is 10.2 Å². The van der Waals surface area contributed by atoms with Crippen molar-refractivity contribution in [3.63, 3.8) is 0 Å². The van der Waals surface area contributed by atoms with Gasteiger partial charge in [-0.15, -0.1) is 5.10 Å². The Morgan fingerprint density at radius 1 is 1.10 bits per heavy atom. The van der Waals surface area contributed by atoms with E-state index in [0.29, 0.717) is 29.3 Å². The monoisotopic (exact) mass is 431 g/mol. The van der Waals surface area contributed by atoms with Crippen LogP contribution in [0.15, 0.2) is 65.7 Å². The number of imidazole rings is 1. The average molecular weight is 432 g/mol. The van der Waals surface area contributed by atoms with E-state index in [9.17, 15) is 12.8 Å². The zero-order valence-electron chi connectivity index (χ0n) is 14.9. The van der Waals surface area contributed by atoms with Crippen molar-refractivity contribution in [2.24, 2.45) is 5.14 Å². The van der Waals surface area contributed by atoms with Crippen LogP contribution in [0.25, 0.3) is 16.9 Å². The Kier molecular flexibility index (Phi) is 4.95. The molecular formula is C19H15ClFN5O2S. The Morgan fingerprint density at radius 3 is 2.55 bits per heavy atom. The SMILES string of the molecule is NS(=O)(=O)c1ccc(CNc2ccc3ncc(-c4ccc(F)c(Cl)c4)n3n2)cc1. The normalized spacial score (nSPS) is 11.7. The molecule has 0 radical (unpaired) electrons. The fourth-order valence-electron chi connectivity index (χ4n) is 2.81. The number of nitrogens with two attached hydrogens (primary N) is 1. The van der Waals surface area contributed by atoms with Gasteiger partial charge in [0.15, 0.2) is 5.65 Å². The quantitative estimate of drug-likeness (QED) is 0.504. The molecule has 0 spiro atoms. The highest BCUT2D eigenvalue weighted by molar-refractivity contribution is 7.89. The summed E-state index contributed by atoms with van der Waals surface area (Å²) in [5, 5.41) is 12.8. The van der Waals surface area contributed by atoms with Gasteiger partial charge in [-0.2, -0.15) is 0 Å². The lowest BCUT2D eigenvalue weighted by molar-refractivity contribution is 0.597. The minimum absolute atomic E-state index is 0.0228. The van der Waals surface area contributed by atoms with Crippen LogP contribution in [-0.2, 0) is 16.6 Å². The molecule has 0 bridgehead atoms. The van der Waals surface area contributed by atoms with Crippen molar-refractivity contribution in [1.82, 2.24) is 14.6 Å². The van der Waals surface area contributed by atoms with Crippen LogP contribution in [0, 0.1) is 5.82 Å². The van der Waals surface area contributed by atoms with Crippen molar-refractivity contribution in [3.8, 4) is 11.3 Å². The van der Waals surface area contributed by atoms with Crippen LogP contribution in [0.2, 0.25) is 5.02 Å². The number of primary sulfonamides is 1. The molecule has 0 unspecified atom stereocenters. The number of rotatable bonds is 5. The van der Waals surface area contributed by atoms with Crippen LogP contribution in [-0.4, -0.2) is 23.0 Å². The van der Waals surface area contributed by atoms with Gasteiger partial charge in [0.25, 0.3) is 0 Å². The number of halogens is 2. The fraction of sp³-hybridized carbons (Fsp3) is 0.0526. The number of hydrogen-bond donors (Lipinski definition) is 2. The molecule has 2 aromatic carbocycles. The zero-order chi connectivity index (χ0) is 20.6. The number of hydrogen-bond acceptors (Lipinski definition) is 5. The minimum Gasteiger partial charge on any atom is -0.365 e. The van der Waals surface area contributed by atoms with Gasteiger partial charge in [-0.3, -0.25) is 0 Å². The molecule has 0 atom stereocenters. The van der Waals surface area contributed by atoms with Crippen LogP contribution < -0.4 is 10.5 Å². The summed E-state index contributed by atoms with van der Waals surface area (Å²) in [7, 11) is -3.72. The third-order valence-electron chi connectivity index (χ3n) is 4.30. The summed E-state index contributed by atoms with van der Waals surface area (Å²) in [5.41, 5.74) is 2.84. The molecule has 4 aromatic rings. The van der Waals surface area contributed by atoms with Crippen molar-refractivity contribution in [3.05, 3.63) is 77.2 Å². The Labute approximate surface area is 171 Å². The van der Waals surface area contributed by atoms with Gasteiger partial charge in [0.2, 0.25) is 10.0 Å². The minimum atomic E-state index is -3.72. The summed E-state index contributed by atoms with van der Waals surface area (Å²) < 4.78 is 37.7. The van der Waals surface area contributed by atoms with E-state index in [0.717, 1.165) is 5.56 Å². The molecule has 0 fully saturated rings. The molecular weight excluding hydrogens is 417 g/mol. The maximum Gasteiger partial charge on any atom is 0.238 e. The Hall–Kier alpha value is -3.01. The number of fused-ring (bicyclic) bond motifs is 1. The van der Waals surface area contributed by atoms with Crippen molar-refractivity contribution in [2.75, 3.05) is 5.32 Å². The smallest absolute Gasteiger partial charge is 0.238 e. The second kappa shape index (κ2) is 7.43. The number of anilines is 1. The van der Waals surface area contributed by atoms with E-state index in [1.54, 1.807) is 41.0 Å². The van der Waals surface area contributed by atoms with Crippen LogP contribution in [0.3, 0.4) is 0 Å². The molecule has 29 heavy (non-hydrogen) atoms. The molecule has 148 valence electrons. The highest BCUT2D eigenvalue weighted by Gasteiger charge is 2.11. The van der Waals surface area contributed by atoms with Crippen LogP contribution in [0.1, 0.15) is 5.56 Å². The molecule has 0 aliphatic rings. The van der Waals surface area contributed by atoms with E-state index < -0.39 is 15.8 Å². The lowest BCUT2D eigenvalue weighted by Gasteiger charge is -2.08. The summed E-state index contributed by atoms with van der Waals surface area (Å²) in [4.78, 5) is 4.36. The van der Waals surface area contributed by atoms with E-state index >= 15 is 0 Å². The molecule has 2 heterocycles. The van der Waals surface area contributed by atoms with Gasteiger partial charge in [0.1, 0.15) is 11.6 Å². The first-order valence-electron chi connectivity index (χ1n) is 8.47. The van der Waals surface area contributed by atoms with Gasteiger partial charge < -0.3 is 5.32 Å². The fourth-order valence-corrected chi connectivity index (χ4v) is 3.51. The molecule has 0 saturated heterocycles. The second-order valence-corrected chi connectivity index (χ2v) is 8.27. The van der Waals surface area contributed by atoms with Crippen molar-refractivity contribution in [2.45, 2.75) is 11.4 Å². The number of aromatic nitrogens is 3. The van der Waals surface area contributed by atoms with Crippen LogP contribution >= 0.6 is 11.6 Å². The van der Waals surface area contributed by atoms with E-state index in [-0.39, 0.29) is 9.92 Å². The Morgan fingerprint density at radius 2 is 1.86 bits per heavy atom. The largest absolute Gasteiger partial charge is 0.365 e. The Balaban J connectivity index is 1.58. The molecule has 0 aliphatic carbocycles. The first-order valence-corrected chi connectivity index (χ1v) is 10.4. The van der Waals surface area contributed by atoms with E-state index in [1.807, 2.05) is 0 Å². The van der Waals surface area contributed by atoms with Crippen molar-refractivity contribution in [1.29, 1.82) is 0 Å². The van der Waals surface area contributed by atoms with Crippen molar-refractivity contribution < 1.29 is 12.8 Å². The maximum atomic E-state index is 13.4. The number of sulfonamides is 1. The Bertz CT molecular complexity index is 1310. The first-order chi connectivity index (χ1) is 13.8. The topological polar surface area (TPSA) is 102 Å². The molecule has 0 amide bonds. The van der Waals surface area contributed by atoms with Gasteiger partial charge in [0, 0.05) is 12.1 Å². The maximum absolute atomic E-state index is 13.4. The standard InChI is InChI=1S/C19H15ClFN5O2S/c20-15-9-13(3-6-16(15)21)17-11-24-19-8-7-18(25-26(17)19)23-10-12-1-4-14(5-2-12)29(22,27)28/h1-9,11H,10H2,(H,23,25)(H2,22,27,28). The summed E-state index contributed by atoms with van der Waals surface area (Å²) in [6.07, 6.45) is 1.64. The predicted octanol–water partition coefficient (Wildman–Crippen LogP) is 3.45. The van der Waals surface area contributed by atoms with Gasteiger partial charge in [-0.1, -0.05) is 23.7 Å². The summed E-state index contributed by atoms with van der Waals surface area (Å²) in [5.74, 6) is 0.0912. The predicted molar refractivity (Wildman–Crippen MR) is 109 cm³/mol. The summed E-state index contributed by atoms with van der Waals surface area (Å²) in [6.45, 7) is 0.426. The van der Waals surface area contributed by atoms with Gasteiger partial charge in [0.05, 0.1) is 21.8 Å². The van der Waals surface area contributed by atoms with Gasteiger partial charge in [-0.05, 0) is 48.0 Å². The summed E-state index contributed by atoms with van der Waals surface area (Å²) >= 11 is 5.89. The third kappa shape index (κ3) is 4.07. The lowest BCUT2D eigenvalue weighted by Crippen LogP contribution is -2.12. The van der Waals surface area contributed by atoms with Gasteiger partial charge >= 0.3 is 0 Å². The molecule has 2 aromatic heterocycles. The lowest BCUT2D eigenvalue weighted by atomic mass is 10.2. The molecule has 0 aliphatic heterocycles. The molecule has 0 saturated carbocycles. The average Bonchev–Trinajstić information content (AvgIpc) is 3.11. The number of nitrogens with zero attached hydrogens (tertiary/aromatic N) is 3. The highest BCUT2D eigenvalue weighted by Crippen LogP contribution is 2.25. The zero-order valence-corrected chi connectivity index (χ0v) is 16.5. The van der Waals surface area contributed by atoms with Gasteiger partial charge in [-0.25, -0.2) is 27.4 Å². The molecule has 7 nitrogen and oxygen atoms in total. The molecule has 10 heteroatoms.